The lowest BCUT2D eigenvalue weighted by molar-refractivity contribution is -0.393. The first-order valence-electron chi connectivity index (χ1n) is 8.30. The SMILES string of the molecule is O=[N+]([O-])c1ccc(N/N=C\c2ccc(N3CCOCC3)c(F)c2)c([N+](=O)[O-])c1. The lowest BCUT2D eigenvalue weighted by Gasteiger charge is -2.29. The summed E-state index contributed by atoms with van der Waals surface area (Å²) in [5, 5.41) is 25.7. The number of nitro groups is 2. The number of nitrogens with one attached hydrogen (secondary N) is 1. The average molecular weight is 389 g/mol. The number of rotatable bonds is 6. The molecule has 0 amide bonds. The first-order valence-corrected chi connectivity index (χ1v) is 8.30. The Morgan fingerprint density at radius 1 is 1.11 bits per heavy atom. The van der Waals surface area contributed by atoms with Crippen LogP contribution in [0.4, 0.5) is 27.1 Å². The molecule has 0 atom stereocenters. The van der Waals surface area contributed by atoms with Gasteiger partial charge in [-0.1, -0.05) is 6.07 Å². The molecule has 2 aromatic carbocycles. The van der Waals surface area contributed by atoms with Crippen molar-refractivity contribution in [3.63, 3.8) is 0 Å². The summed E-state index contributed by atoms with van der Waals surface area (Å²) in [6.07, 6.45) is 1.30. The molecule has 1 aliphatic heterocycles. The smallest absolute Gasteiger partial charge is 0.301 e. The van der Waals surface area contributed by atoms with Crippen molar-refractivity contribution in [1.29, 1.82) is 0 Å². The van der Waals surface area contributed by atoms with Gasteiger partial charge in [0.25, 0.3) is 5.69 Å². The predicted molar refractivity (Wildman–Crippen MR) is 100 cm³/mol. The molecule has 0 saturated carbocycles. The first kappa shape index (κ1) is 19.2. The maximum Gasteiger partial charge on any atom is 0.301 e. The number of morpholine rings is 1. The third-order valence-corrected chi connectivity index (χ3v) is 4.11. The second-order valence-electron chi connectivity index (χ2n) is 5.90. The summed E-state index contributed by atoms with van der Waals surface area (Å²) in [5.74, 6) is -0.410. The van der Waals surface area contributed by atoms with Gasteiger partial charge in [0.2, 0.25) is 0 Å². The van der Waals surface area contributed by atoms with Crippen molar-refractivity contribution < 1.29 is 19.0 Å². The molecule has 146 valence electrons. The highest BCUT2D eigenvalue weighted by Gasteiger charge is 2.19. The number of hydrogen-bond acceptors (Lipinski definition) is 8. The lowest BCUT2D eigenvalue weighted by atomic mass is 10.2. The Hall–Kier alpha value is -3.60. The Morgan fingerprint density at radius 3 is 2.50 bits per heavy atom. The second-order valence-corrected chi connectivity index (χ2v) is 5.90. The van der Waals surface area contributed by atoms with Gasteiger partial charge in [-0.3, -0.25) is 25.7 Å². The lowest BCUT2D eigenvalue weighted by Crippen LogP contribution is -2.36. The van der Waals surface area contributed by atoms with Crippen molar-refractivity contribution in [3.8, 4) is 0 Å². The molecule has 28 heavy (non-hydrogen) atoms. The van der Waals surface area contributed by atoms with E-state index in [0.717, 1.165) is 12.1 Å². The van der Waals surface area contributed by atoms with Crippen LogP contribution in [0.5, 0.6) is 0 Å². The number of nitro benzene ring substituents is 2. The molecular formula is C17H16FN5O5. The molecular weight excluding hydrogens is 373 g/mol. The molecule has 1 heterocycles. The van der Waals surface area contributed by atoms with Gasteiger partial charge >= 0.3 is 5.69 Å². The van der Waals surface area contributed by atoms with Gasteiger partial charge in [0.1, 0.15) is 11.5 Å². The van der Waals surface area contributed by atoms with Crippen LogP contribution in [-0.4, -0.2) is 42.4 Å². The van der Waals surface area contributed by atoms with E-state index >= 15 is 0 Å². The fourth-order valence-corrected chi connectivity index (χ4v) is 2.72. The van der Waals surface area contributed by atoms with E-state index in [1.807, 2.05) is 4.90 Å². The molecule has 3 rings (SSSR count). The van der Waals surface area contributed by atoms with E-state index < -0.39 is 27.0 Å². The highest BCUT2D eigenvalue weighted by Crippen LogP contribution is 2.29. The Bertz CT molecular complexity index is 930. The second kappa shape index (κ2) is 8.39. The van der Waals surface area contributed by atoms with Gasteiger partial charge in [-0.25, -0.2) is 4.39 Å². The van der Waals surface area contributed by atoms with E-state index in [0.29, 0.717) is 37.6 Å². The van der Waals surface area contributed by atoms with Crippen LogP contribution in [0.3, 0.4) is 0 Å². The van der Waals surface area contributed by atoms with E-state index in [-0.39, 0.29) is 5.69 Å². The maximum atomic E-state index is 14.4. The zero-order chi connectivity index (χ0) is 20.1. The molecule has 0 radical (unpaired) electrons. The average Bonchev–Trinajstić information content (AvgIpc) is 2.68. The third-order valence-electron chi connectivity index (χ3n) is 4.11. The minimum absolute atomic E-state index is 0.0164. The normalized spacial score (nSPS) is 14.2. The van der Waals surface area contributed by atoms with Crippen LogP contribution in [0.15, 0.2) is 41.5 Å². The molecule has 10 nitrogen and oxygen atoms in total. The summed E-state index contributed by atoms with van der Waals surface area (Å²) >= 11 is 0. The summed E-state index contributed by atoms with van der Waals surface area (Å²) in [6, 6.07) is 7.77. The number of benzene rings is 2. The molecule has 0 unspecified atom stereocenters. The number of hydrogen-bond donors (Lipinski definition) is 1. The predicted octanol–water partition coefficient (Wildman–Crippen LogP) is 2.92. The Labute approximate surface area is 158 Å². The number of hydrazone groups is 1. The molecule has 1 saturated heterocycles. The zero-order valence-electron chi connectivity index (χ0n) is 14.6. The van der Waals surface area contributed by atoms with Crippen LogP contribution in [0.2, 0.25) is 0 Å². The fraction of sp³-hybridized carbons (Fsp3) is 0.235. The summed E-state index contributed by atoms with van der Waals surface area (Å²) in [5.41, 5.74) is 2.48. The third kappa shape index (κ3) is 4.38. The minimum atomic E-state index is -0.748. The molecule has 0 aliphatic carbocycles. The zero-order valence-corrected chi connectivity index (χ0v) is 14.6. The van der Waals surface area contributed by atoms with E-state index in [1.165, 1.54) is 18.3 Å². The molecule has 2 aromatic rings. The van der Waals surface area contributed by atoms with Gasteiger partial charge in [0, 0.05) is 19.2 Å². The molecule has 0 aromatic heterocycles. The first-order chi connectivity index (χ1) is 13.5. The van der Waals surface area contributed by atoms with Crippen LogP contribution >= 0.6 is 0 Å². The van der Waals surface area contributed by atoms with Crippen LogP contribution in [-0.2, 0) is 4.74 Å². The Balaban J connectivity index is 1.73. The number of halogens is 1. The largest absolute Gasteiger partial charge is 0.378 e. The van der Waals surface area contributed by atoms with Crippen molar-refractivity contribution in [2.45, 2.75) is 0 Å². The monoisotopic (exact) mass is 389 g/mol. The van der Waals surface area contributed by atoms with Crippen molar-refractivity contribution in [2.75, 3.05) is 36.6 Å². The van der Waals surface area contributed by atoms with Gasteiger partial charge in [-0.15, -0.1) is 0 Å². The van der Waals surface area contributed by atoms with Crippen molar-refractivity contribution in [1.82, 2.24) is 0 Å². The summed E-state index contributed by atoms with van der Waals surface area (Å²) in [4.78, 5) is 22.3. The quantitative estimate of drug-likeness (QED) is 0.458. The summed E-state index contributed by atoms with van der Waals surface area (Å²) < 4.78 is 19.6. The van der Waals surface area contributed by atoms with Crippen LogP contribution in [0.25, 0.3) is 0 Å². The van der Waals surface area contributed by atoms with Gasteiger partial charge < -0.3 is 9.64 Å². The molecule has 11 heteroatoms. The Kier molecular flexibility index (Phi) is 5.75. The minimum Gasteiger partial charge on any atom is -0.378 e. The highest BCUT2D eigenvalue weighted by atomic mass is 19.1. The molecule has 1 N–H and O–H groups in total. The van der Waals surface area contributed by atoms with E-state index in [1.54, 1.807) is 12.1 Å². The van der Waals surface area contributed by atoms with Crippen molar-refractivity contribution in [3.05, 3.63) is 68.0 Å². The summed E-state index contributed by atoms with van der Waals surface area (Å²) in [6.45, 7) is 2.30. The Morgan fingerprint density at radius 2 is 1.86 bits per heavy atom. The van der Waals surface area contributed by atoms with Crippen LogP contribution < -0.4 is 10.3 Å². The van der Waals surface area contributed by atoms with Gasteiger partial charge in [0.05, 0.1) is 41.0 Å². The molecule has 0 spiro atoms. The van der Waals surface area contributed by atoms with Crippen molar-refractivity contribution >= 4 is 29.0 Å². The van der Waals surface area contributed by atoms with Crippen LogP contribution in [0, 0.1) is 26.0 Å². The van der Waals surface area contributed by atoms with Gasteiger partial charge in [0.15, 0.2) is 0 Å². The number of ether oxygens (including phenoxy) is 1. The summed E-state index contributed by atoms with van der Waals surface area (Å²) in [7, 11) is 0. The number of non-ortho nitro benzene ring substituents is 1. The van der Waals surface area contributed by atoms with E-state index in [9.17, 15) is 24.6 Å². The molecule has 1 fully saturated rings. The number of nitrogens with zero attached hydrogens (tertiary/aromatic N) is 4. The van der Waals surface area contributed by atoms with Crippen LogP contribution in [0.1, 0.15) is 5.56 Å². The fourth-order valence-electron chi connectivity index (χ4n) is 2.72. The molecule has 0 bridgehead atoms. The van der Waals surface area contributed by atoms with Crippen molar-refractivity contribution in [2.24, 2.45) is 5.10 Å². The van der Waals surface area contributed by atoms with Gasteiger partial charge in [-0.05, 0) is 23.8 Å². The highest BCUT2D eigenvalue weighted by molar-refractivity contribution is 5.81. The van der Waals surface area contributed by atoms with E-state index in [4.69, 9.17) is 4.74 Å². The molecule has 1 aliphatic rings. The number of anilines is 2. The van der Waals surface area contributed by atoms with E-state index in [2.05, 4.69) is 10.5 Å². The van der Waals surface area contributed by atoms with Gasteiger partial charge in [-0.2, -0.15) is 5.10 Å². The maximum absolute atomic E-state index is 14.4. The standard InChI is InChI=1S/C17H16FN5O5/c18-14-9-12(1-4-16(14)21-5-7-28-8-6-21)11-19-20-15-3-2-13(22(24)25)10-17(15)23(26)27/h1-4,9-11,20H,5-8H2/b19-11-. The topological polar surface area (TPSA) is 123 Å².